The first-order valence-corrected chi connectivity index (χ1v) is 20.5. The Hall–Kier alpha value is -2.79. The number of alkyl carbamates (subject to hydrolysis) is 1. The van der Waals surface area contributed by atoms with Gasteiger partial charge in [-0.25, -0.2) is 9.59 Å². The highest BCUT2D eigenvalue weighted by Gasteiger charge is 2.38. The van der Waals surface area contributed by atoms with E-state index in [9.17, 15) is 37.1 Å². The van der Waals surface area contributed by atoms with E-state index >= 15 is 0 Å². The standard InChI is InChI=1S/C15H22INO3.C14H18INO3.C4H6O3.C2HF3O2.CH2Cl2.CH4/c1-15(2,3)20-14(18)17-11-13(19-10-9-16)12-7-5-4-6-8-12;1-11(17)9-14(18)16-10-13(19-8-7-15)12-5-3-2-4-6-12;1-3(5)2-4(6)7;3-2(4,5)1(6)7;2-1-3;/h4-8,13H,9-11H2,1-3H3,(H,17,18);2-6,13H,7-10H2,1H3,(H,16,18);2H2,1H3,(H,6,7);(H,6,7);1H2;1H4. The predicted molar refractivity (Wildman–Crippen MR) is 231 cm³/mol. The molecule has 2 amide bonds. The minimum Gasteiger partial charge on any atom is -0.481 e. The molecule has 13 nitrogen and oxygen atoms in total. The van der Waals surface area contributed by atoms with Crippen molar-refractivity contribution in [3.05, 3.63) is 71.8 Å². The summed E-state index contributed by atoms with van der Waals surface area (Å²) in [5, 5.41) is 20.7. The maximum atomic E-state index is 11.7. The van der Waals surface area contributed by atoms with E-state index in [0.717, 1.165) is 20.0 Å². The van der Waals surface area contributed by atoms with Crippen LogP contribution in [0.4, 0.5) is 18.0 Å². The number of ether oxygens (including phenoxy) is 3. The highest BCUT2D eigenvalue weighted by molar-refractivity contribution is 14.1. The number of rotatable bonds is 16. The molecule has 0 radical (unpaired) electrons. The molecule has 20 heteroatoms. The second-order valence-corrected chi connectivity index (χ2v) is 14.6. The Morgan fingerprint density at radius 1 is 0.719 bits per heavy atom. The third-order valence-electron chi connectivity index (χ3n) is 5.50. The zero-order valence-corrected chi connectivity index (χ0v) is 37.3. The zero-order chi connectivity index (χ0) is 43.7. The third kappa shape index (κ3) is 41.2. The molecule has 0 aromatic heterocycles. The van der Waals surface area contributed by atoms with Gasteiger partial charge in [0.05, 0.1) is 43.7 Å². The van der Waals surface area contributed by atoms with Gasteiger partial charge in [-0.1, -0.05) is 113 Å². The average molecular weight is 1080 g/mol. The topological polar surface area (TPSA) is 195 Å². The molecule has 2 atom stereocenters. The summed E-state index contributed by atoms with van der Waals surface area (Å²) in [5.41, 5.74) is 1.58. The molecule has 0 bridgehead atoms. The van der Waals surface area contributed by atoms with Crippen molar-refractivity contribution in [3.63, 3.8) is 0 Å². The lowest BCUT2D eigenvalue weighted by atomic mass is 10.1. The summed E-state index contributed by atoms with van der Waals surface area (Å²) in [6.45, 7) is 10.2. The molecule has 0 spiro atoms. The molecule has 0 aliphatic rings. The number of hydrogen-bond acceptors (Lipinski definition) is 9. The number of carboxylic acid groups (broad SMARTS) is 2. The molecule has 0 aliphatic heterocycles. The van der Waals surface area contributed by atoms with Crippen LogP contribution in [0.2, 0.25) is 0 Å². The van der Waals surface area contributed by atoms with Gasteiger partial charge in [0.2, 0.25) is 5.91 Å². The molecule has 326 valence electrons. The van der Waals surface area contributed by atoms with Gasteiger partial charge in [0.25, 0.3) is 0 Å². The summed E-state index contributed by atoms with van der Waals surface area (Å²) in [7, 11) is 0. The minimum absolute atomic E-state index is 0. The van der Waals surface area contributed by atoms with Crippen LogP contribution in [-0.4, -0.2) is 98.0 Å². The number of carbonyl (C=O) groups is 6. The normalized spacial score (nSPS) is 11.2. The first-order chi connectivity index (χ1) is 26.0. The molecular weight excluding hydrogens is 1030 g/mol. The molecule has 4 N–H and O–H groups in total. The number of carbonyl (C=O) groups excluding carboxylic acids is 4. The summed E-state index contributed by atoms with van der Waals surface area (Å²) < 4.78 is 50.3. The summed E-state index contributed by atoms with van der Waals surface area (Å²) in [5.74, 6) is -4.53. The molecule has 2 unspecified atom stereocenters. The number of ketones is 2. The van der Waals surface area contributed by atoms with Crippen LogP contribution in [0.15, 0.2) is 60.7 Å². The Morgan fingerprint density at radius 3 is 1.33 bits per heavy atom. The van der Waals surface area contributed by atoms with Gasteiger partial charge < -0.3 is 35.1 Å². The van der Waals surface area contributed by atoms with Crippen molar-refractivity contribution >= 4 is 104 Å². The first kappa shape index (κ1) is 60.9. The van der Waals surface area contributed by atoms with E-state index in [-0.39, 0.29) is 55.3 Å². The summed E-state index contributed by atoms with van der Waals surface area (Å²) in [6, 6.07) is 19.6. The van der Waals surface area contributed by atoms with Crippen LogP contribution in [0.3, 0.4) is 0 Å². The Bertz CT molecular complexity index is 1400. The number of hydrogen-bond donors (Lipinski definition) is 4. The van der Waals surface area contributed by atoms with Crippen molar-refractivity contribution in [1.82, 2.24) is 10.6 Å². The van der Waals surface area contributed by atoms with Gasteiger partial charge in [0.15, 0.2) is 0 Å². The van der Waals surface area contributed by atoms with E-state index in [2.05, 4.69) is 55.8 Å². The average Bonchev–Trinajstić information content (AvgIpc) is 3.08. The van der Waals surface area contributed by atoms with Gasteiger partial charge in [-0.05, 0) is 45.7 Å². The van der Waals surface area contributed by atoms with Crippen molar-refractivity contribution in [2.75, 3.05) is 40.5 Å². The zero-order valence-electron chi connectivity index (χ0n) is 31.5. The smallest absolute Gasteiger partial charge is 0.481 e. The van der Waals surface area contributed by atoms with Gasteiger partial charge in [-0.2, -0.15) is 13.2 Å². The van der Waals surface area contributed by atoms with Crippen molar-refractivity contribution in [3.8, 4) is 0 Å². The van der Waals surface area contributed by atoms with Gasteiger partial charge in [0.1, 0.15) is 23.6 Å². The van der Waals surface area contributed by atoms with Crippen molar-refractivity contribution in [2.45, 2.75) is 78.9 Å². The second-order valence-electron chi connectivity index (χ2n) is 11.7. The molecule has 2 aromatic carbocycles. The van der Waals surface area contributed by atoms with E-state index in [1.54, 1.807) is 0 Å². The summed E-state index contributed by atoms with van der Waals surface area (Å²) in [4.78, 5) is 62.4. The summed E-state index contributed by atoms with van der Waals surface area (Å²) in [6.07, 6.45) is -6.27. The van der Waals surface area contributed by atoms with E-state index in [1.807, 2.05) is 81.4 Å². The van der Waals surface area contributed by atoms with Crippen molar-refractivity contribution in [2.24, 2.45) is 0 Å². The number of Topliss-reactive ketones (excluding diaryl/α,β-unsaturated/α-hetero) is 2. The predicted octanol–water partition coefficient (Wildman–Crippen LogP) is 8.72. The lowest BCUT2D eigenvalue weighted by molar-refractivity contribution is -0.192. The monoisotopic (exact) mass is 1080 g/mol. The summed E-state index contributed by atoms with van der Waals surface area (Å²) >= 11 is 14.0. The van der Waals surface area contributed by atoms with Crippen LogP contribution in [0, 0.1) is 0 Å². The van der Waals surface area contributed by atoms with Gasteiger partial charge in [-0.15, -0.1) is 23.2 Å². The fourth-order valence-corrected chi connectivity index (χ4v) is 3.96. The highest BCUT2D eigenvalue weighted by Crippen LogP contribution is 2.18. The molecule has 0 saturated heterocycles. The van der Waals surface area contributed by atoms with Crippen LogP contribution >= 0.6 is 68.4 Å². The fraction of sp³-hybridized carbons (Fsp3) is 0.514. The third-order valence-corrected chi connectivity index (χ3v) is 6.38. The number of amides is 2. The maximum Gasteiger partial charge on any atom is 0.490 e. The van der Waals surface area contributed by atoms with E-state index in [4.69, 9.17) is 52.4 Å². The van der Waals surface area contributed by atoms with E-state index < -0.39 is 29.8 Å². The maximum absolute atomic E-state index is 11.7. The number of alkyl halides is 7. The number of nitrogens with one attached hydrogen (secondary N) is 2. The quantitative estimate of drug-likeness (QED) is 0.0714. The van der Waals surface area contributed by atoms with Crippen LogP contribution in [-0.2, 0) is 38.2 Å². The largest absolute Gasteiger partial charge is 0.490 e. The molecule has 57 heavy (non-hydrogen) atoms. The molecule has 0 saturated carbocycles. The van der Waals surface area contributed by atoms with Crippen molar-refractivity contribution < 1.29 is 66.4 Å². The Labute approximate surface area is 369 Å². The van der Waals surface area contributed by atoms with Gasteiger partial charge in [-0.3, -0.25) is 19.2 Å². The van der Waals surface area contributed by atoms with Crippen LogP contribution in [0.25, 0.3) is 0 Å². The number of halogens is 7. The van der Waals surface area contributed by atoms with Crippen molar-refractivity contribution in [1.29, 1.82) is 0 Å². The number of aliphatic carboxylic acids is 2. The van der Waals surface area contributed by atoms with E-state index in [0.29, 0.717) is 26.3 Å². The van der Waals surface area contributed by atoms with Gasteiger partial charge >= 0.3 is 24.2 Å². The van der Waals surface area contributed by atoms with Gasteiger partial charge in [0, 0.05) is 15.4 Å². The number of carboxylic acids is 2. The molecule has 0 aliphatic carbocycles. The minimum atomic E-state index is -5.08. The fourth-order valence-electron chi connectivity index (χ4n) is 3.45. The molecular formula is C37H53Cl2F3I2N2O11. The Morgan fingerprint density at radius 2 is 1.07 bits per heavy atom. The van der Waals surface area contributed by atoms with E-state index in [1.165, 1.54) is 13.8 Å². The molecule has 2 rings (SSSR count). The molecule has 2 aromatic rings. The SMILES string of the molecule is C.CC(=O)CC(=O)NCC(OCCI)c1ccccc1.CC(=O)CC(=O)O.CC(C)(C)OC(=O)NCC(OCCI)c1ccccc1.ClCCl.O=C(O)C(F)(F)F. The Balaban J connectivity index is -0.000000349. The second kappa shape index (κ2) is 36.3. The lowest BCUT2D eigenvalue weighted by Gasteiger charge is -2.22. The van der Waals surface area contributed by atoms with Crippen LogP contribution in [0.5, 0.6) is 0 Å². The molecule has 0 heterocycles. The van der Waals surface area contributed by atoms with Crippen LogP contribution in [0.1, 0.15) is 78.2 Å². The number of benzene rings is 2. The first-order valence-electron chi connectivity index (χ1n) is 16.4. The van der Waals surface area contributed by atoms with Crippen LogP contribution < -0.4 is 10.6 Å². The Kier molecular flexibility index (Phi) is 38.8. The molecule has 0 fully saturated rings. The lowest BCUT2D eigenvalue weighted by Crippen LogP contribution is -2.35. The highest BCUT2D eigenvalue weighted by atomic mass is 127.